The molecule has 3 aromatic carbocycles. The highest BCUT2D eigenvalue weighted by Crippen LogP contribution is 2.57. The van der Waals surface area contributed by atoms with E-state index in [1.807, 2.05) is 0 Å². The molecule has 38 heavy (non-hydrogen) atoms. The second kappa shape index (κ2) is 10.4. The lowest BCUT2D eigenvalue weighted by Gasteiger charge is -2.37. The summed E-state index contributed by atoms with van der Waals surface area (Å²) in [5.41, 5.74) is 0.777. The second-order valence-electron chi connectivity index (χ2n) is 8.60. The number of aryl methyl sites for hydroxylation is 2. The van der Waals surface area contributed by atoms with Crippen LogP contribution in [0.2, 0.25) is 0 Å². The first-order chi connectivity index (χ1) is 18.1. The van der Waals surface area contributed by atoms with Crippen LogP contribution in [0.4, 0.5) is 0 Å². The number of carboxylic acid groups (broad SMARTS) is 2. The van der Waals surface area contributed by atoms with Gasteiger partial charge < -0.3 is 40.1 Å². The Balaban J connectivity index is 0.00000107. The summed E-state index contributed by atoms with van der Waals surface area (Å²) in [4.78, 5) is 35.2. The maximum Gasteiger partial charge on any atom is 0.340 e. The Labute approximate surface area is 215 Å². The van der Waals surface area contributed by atoms with Crippen LogP contribution in [0.1, 0.15) is 51.0 Å². The number of aliphatic carboxylic acids is 2. The molecule has 0 aromatic heterocycles. The van der Waals surface area contributed by atoms with Crippen molar-refractivity contribution in [3.8, 4) is 23.0 Å². The molecule has 0 saturated carbocycles. The topological polar surface area (TPSA) is 191 Å². The van der Waals surface area contributed by atoms with Gasteiger partial charge in [0.1, 0.15) is 29.8 Å². The summed E-state index contributed by atoms with van der Waals surface area (Å²) in [7, 11) is 0. The zero-order valence-electron chi connectivity index (χ0n) is 19.9. The van der Waals surface area contributed by atoms with Crippen molar-refractivity contribution in [3.05, 3.63) is 81.9 Å². The highest BCUT2D eigenvalue weighted by Gasteiger charge is 2.54. The van der Waals surface area contributed by atoms with Gasteiger partial charge in [0.25, 0.3) is 0 Å². The first-order valence-electron chi connectivity index (χ1n) is 11.5. The number of aliphatic hydroxyl groups is 2. The predicted molar refractivity (Wildman–Crippen MR) is 129 cm³/mol. The third kappa shape index (κ3) is 4.60. The lowest BCUT2D eigenvalue weighted by molar-refractivity contribution is -0.138. The fourth-order valence-electron chi connectivity index (χ4n) is 4.71. The van der Waals surface area contributed by atoms with Crippen molar-refractivity contribution in [1.82, 2.24) is 0 Å². The molecule has 0 bridgehead atoms. The highest BCUT2D eigenvalue weighted by atomic mass is 16.6. The van der Waals surface area contributed by atoms with Crippen molar-refractivity contribution in [2.24, 2.45) is 0 Å². The van der Waals surface area contributed by atoms with Gasteiger partial charge in [-0.25, -0.2) is 4.79 Å². The molecule has 11 heteroatoms. The summed E-state index contributed by atoms with van der Waals surface area (Å²) in [5.74, 6) is -2.65. The van der Waals surface area contributed by atoms with Crippen molar-refractivity contribution in [1.29, 1.82) is 0 Å². The molecule has 0 saturated heterocycles. The molecule has 2 heterocycles. The van der Waals surface area contributed by atoms with E-state index in [9.17, 15) is 24.6 Å². The molecule has 0 unspecified atom stereocenters. The smallest absolute Gasteiger partial charge is 0.340 e. The largest absolute Gasteiger partial charge is 0.508 e. The Morgan fingerprint density at radius 2 is 1.24 bits per heavy atom. The van der Waals surface area contributed by atoms with Gasteiger partial charge in [0, 0.05) is 41.7 Å². The van der Waals surface area contributed by atoms with Gasteiger partial charge in [0.05, 0.1) is 5.56 Å². The fourth-order valence-corrected chi connectivity index (χ4v) is 4.71. The van der Waals surface area contributed by atoms with E-state index in [0.29, 0.717) is 33.4 Å². The fraction of sp³-hybridized carbons (Fsp3) is 0.222. The van der Waals surface area contributed by atoms with Crippen molar-refractivity contribution < 1.29 is 54.5 Å². The third-order valence-corrected chi connectivity index (χ3v) is 6.33. The number of rotatable bonds is 6. The minimum Gasteiger partial charge on any atom is -0.508 e. The number of aliphatic hydroxyl groups excluding tert-OH is 1. The van der Waals surface area contributed by atoms with Crippen LogP contribution in [0, 0.1) is 0 Å². The van der Waals surface area contributed by atoms with Crippen molar-refractivity contribution in [2.45, 2.75) is 31.3 Å². The van der Waals surface area contributed by atoms with E-state index in [2.05, 4.69) is 0 Å². The van der Waals surface area contributed by atoms with Crippen LogP contribution in [0.15, 0.2) is 48.5 Å². The van der Waals surface area contributed by atoms with Crippen molar-refractivity contribution in [3.63, 3.8) is 0 Å². The number of esters is 1. The molecule has 11 nitrogen and oxygen atoms in total. The van der Waals surface area contributed by atoms with E-state index >= 15 is 0 Å². The van der Waals surface area contributed by atoms with Crippen LogP contribution in [0.3, 0.4) is 0 Å². The molecule has 0 amide bonds. The molecule has 2 aliphatic rings. The summed E-state index contributed by atoms with van der Waals surface area (Å²) in [6, 6.07) is 12.6. The molecule has 0 fully saturated rings. The van der Waals surface area contributed by atoms with Crippen LogP contribution in [-0.4, -0.2) is 55.3 Å². The molecule has 3 aromatic rings. The van der Waals surface area contributed by atoms with E-state index < -0.39 is 30.3 Å². The Morgan fingerprint density at radius 3 is 1.71 bits per heavy atom. The Kier molecular flexibility index (Phi) is 7.24. The lowest BCUT2D eigenvalue weighted by atomic mass is 9.76. The molecule has 198 valence electrons. The molecule has 0 atom stereocenters. The molecular weight excluding hydrogens is 500 g/mol. The number of benzene rings is 3. The summed E-state index contributed by atoms with van der Waals surface area (Å²) in [5, 5.41) is 53.6. The number of hydrogen-bond acceptors (Lipinski definition) is 9. The molecule has 0 radical (unpaired) electrons. The zero-order chi connectivity index (χ0) is 27.6. The molecule has 1 spiro atoms. The van der Waals surface area contributed by atoms with E-state index in [-0.39, 0.29) is 48.7 Å². The van der Waals surface area contributed by atoms with Crippen LogP contribution >= 0.6 is 0 Å². The summed E-state index contributed by atoms with van der Waals surface area (Å²) in [6.45, 7) is -0.750. The quantitative estimate of drug-likeness (QED) is 0.205. The zero-order valence-corrected chi connectivity index (χ0v) is 19.9. The van der Waals surface area contributed by atoms with Crippen molar-refractivity contribution in [2.75, 3.05) is 6.79 Å². The van der Waals surface area contributed by atoms with Crippen molar-refractivity contribution >= 4 is 17.9 Å². The standard InChI is InChI=1S/C26H20O9.CH4O2/c27-19-11-21-17(9-13(19)5-7-23(29)30)26(16-4-2-1-3-15(16)25(33)35-26)18-10-14(6-8-24(31)32)20(28)12-22(18)34-21;2-1-3/h1-4,9-12,27-28H,5-8H2,(H,29,30)(H,31,32);2-3H,1H2. The number of hydrogen-bond donors (Lipinski definition) is 6. The van der Waals surface area contributed by atoms with Gasteiger partial charge in [0.15, 0.2) is 5.60 Å². The number of phenols is 2. The monoisotopic (exact) mass is 524 g/mol. The van der Waals surface area contributed by atoms with Gasteiger partial charge in [-0.05, 0) is 42.2 Å². The van der Waals surface area contributed by atoms with Gasteiger partial charge in [0.2, 0.25) is 0 Å². The van der Waals surface area contributed by atoms with Crippen LogP contribution in [0.5, 0.6) is 23.0 Å². The van der Waals surface area contributed by atoms with Gasteiger partial charge in [-0.3, -0.25) is 9.59 Å². The maximum absolute atomic E-state index is 13.0. The first-order valence-corrected chi connectivity index (χ1v) is 11.5. The molecule has 5 rings (SSSR count). The molecule has 2 aliphatic heterocycles. The minimum atomic E-state index is -1.51. The van der Waals surface area contributed by atoms with Gasteiger partial charge in [-0.2, -0.15) is 0 Å². The number of carbonyl (C=O) groups is 3. The van der Waals surface area contributed by atoms with Crippen LogP contribution in [0.25, 0.3) is 0 Å². The molecule has 6 N–H and O–H groups in total. The van der Waals surface area contributed by atoms with Crippen LogP contribution in [-0.2, 0) is 32.8 Å². The number of fused-ring (bicyclic) bond motifs is 6. The second-order valence-corrected chi connectivity index (χ2v) is 8.60. The summed E-state index contributed by atoms with van der Waals surface area (Å²) >= 11 is 0. The molecular formula is C27H24O11. The van der Waals surface area contributed by atoms with Gasteiger partial charge in [-0.15, -0.1) is 0 Å². The SMILES string of the molecule is O=C(O)CCc1cc2c(cc1O)Oc1cc(O)c(CCC(=O)O)cc1C21OC(=O)c2ccccc21.OCO. The van der Waals surface area contributed by atoms with E-state index in [4.69, 9.17) is 29.9 Å². The normalized spacial score (nSPS) is 13.8. The third-order valence-electron chi connectivity index (χ3n) is 6.33. The minimum absolute atomic E-state index is 0.0341. The summed E-state index contributed by atoms with van der Waals surface area (Å²) in [6.07, 6.45) is -0.375. The van der Waals surface area contributed by atoms with E-state index in [1.54, 1.807) is 36.4 Å². The number of carbonyl (C=O) groups excluding carboxylic acids is 1. The number of aromatic hydroxyl groups is 2. The van der Waals surface area contributed by atoms with Crippen LogP contribution < -0.4 is 4.74 Å². The average molecular weight is 524 g/mol. The average Bonchev–Trinajstić information content (AvgIpc) is 3.15. The highest BCUT2D eigenvalue weighted by molar-refractivity contribution is 5.97. The Hall–Kier alpha value is -4.61. The predicted octanol–water partition coefficient (Wildman–Crippen LogP) is 2.63. The number of phenolic OH excluding ortho intramolecular Hbond substituents is 2. The summed E-state index contributed by atoms with van der Waals surface area (Å²) < 4.78 is 12.0. The first kappa shape index (κ1) is 26.5. The molecule has 0 aliphatic carbocycles. The Morgan fingerprint density at radius 1 is 0.763 bits per heavy atom. The van der Waals surface area contributed by atoms with Gasteiger partial charge in [-0.1, -0.05) is 18.2 Å². The van der Waals surface area contributed by atoms with E-state index in [1.165, 1.54) is 12.1 Å². The number of ether oxygens (including phenoxy) is 2. The maximum atomic E-state index is 13.0. The lowest BCUT2D eigenvalue weighted by Crippen LogP contribution is -2.33. The number of carboxylic acids is 2. The van der Waals surface area contributed by atoms with Gasteiger partial charge >= 0.3 is 17.9 Å². The Bertz CT molecular complexity index is 1350. The van der Waals surface area contributed by atoms with E-state index in [0.717, 1.165) is 0 Å².